The standard InChI is InChI=1S/C18H21NO3S/c1-12-2-4-16(5-3-12)23(20,21)22-18(11-19)10-14-6-13-7-15(8-14)17(18)9-13/h2-5,13-15,17H,6-10H2,1H3/t13-,14+,15-,17+,18+/m1/s1. The van der Waals surface area contributed by atoms with Gasteiger partial charge in [-0.05, 0) is 68.9 Å². The molecule has 4 rings (SSSR count). The highest BCUT2D eigenvalue weighted by Crippen LogP contribution is 2.60. The average Bonchev–Trinajstić information content (AvgIpc) is 2.75. The summed E-state index contributed by atoms with van der Waals surface area (Å²) in [5, 5.41) is 9.84. The predicted molar refractivity (Wildman–Crippen MR) is 84.8 cm³/mol. The van der Waals surface area contributed by atoms with Gasteiger partial charge in [-0.1, -0.05) is 17.7 Å². The first kappa shape index (κ1) is 15.2. The molecule has 3 aliphatic carbocycles. The summed E-state index contributed by atoms with van der Waals surface area (Å²) in [6, 6.07) is 8.91. The first-order valence-electron chi connectivity index (χ1n) is 8.35. The van der Waals surface area contributed by atoms with Crippen molar-refractivity contribution in [2.75, 3.05) is 0 Å². The van der Waals surface area contributed by atoms with E-state index in [4.69, 9.17) is 4.18 Å². The van der Waals surface area contributed by atoms with E-state index in [1.54, 1.807) is 24.3 Å². The summed E-state index contributed by atoms with van der Waals surface area (Å²) in [5.41, 5.74) is -0.170. The zero-order valence-electron chi connectivity index (χ0n) is 13.2. The summed E-state index contributed by atoms with van der Waals surface area (Å²) in [4.78, 5) is 0.144. The lowest BCUT2D eigenvalue weighted by molar-refractivity contribution is -0.0121. The van der Waals surface area contributed by atoms with Crippen LogP contribution in [-0.4, -0.2) is 14.0 Å². The van der Waals surface area contributed by atoms with Gasteiger partial charge in [-0.15, -0.1) is 0 Å². The Hall–Kier alpha value is -1.38. The fourth-order valence-electron chi connectivity index (χ4n) is 5.20. The van der Waals surface area contributed by atoms with Gasteiger partial charge < -0.3 is 0 Å². The van der Waals surface area contributed by atoms with Crippen LogP contribution >= 0.6 is 0 Å². The Labute approximate surface area is 137 Å². The van der Waals surface area contributed by atoms with Crippen LogP contribution in [0.1, 0.15) is 37.7 Å². The molecule has 0 saturated heterocycles. The van der Waals surface area contributed by atoms with Crippen LogP contribution in [0, 0.1) is 41.9 Å². The predicted octanol–water partition coefficient (Wildman–Crippen LogP) is 3.42. The monoisotopic (exact) mass is 331 g/mol. The maximum Gasteiger partial charge on any atom is 0.298 e. The molecule has 3 bridgehead atoms. The molecule has 3 fully saturated rings. The number of hydrogen-bond donors (Lipinski definition) is 0. The Morgan fingerprint density at radius 3 is 2.52 bits per heavy atom. The van der Waals surface area contributed by atoms with Crippen molar-refractivity contribution in [1.82, 2.24) is 0 Å². The van der Waals surface area contributed by atoms with E-state index in [9.17, 15) is 13.7 Å². The molecule has 1 aromatic carbocycles. The normalized spacial score (nSPS) is 38.4. The van der Waals surface area contributed by atoms with Crippen molar-refractivity contribution < 1.29 is 12.6 Å². The van der Waals surface area contributed by atoms with Gasteiger partial charge in [0, 0.05) is 5.92 Å². The van der Waals surface area contributed by atoms with Crippen molar-refractivity contribution in [3.63, 3.8) is 0 Å². The summed E-state index contributed by atoms with van der Waals surface area (Å²) in [6.07, 6.45) is 4.91. The van der Waals surface area contributed by atoms with Gasteiger partial charge >= 0.3 is 0 Å². The lowest BCUT2D eigenvalue weighted by atomic mass is 9.65. The van der Waals surface area contributed by atoms with Gasteiger partial charge in [0.25, 0.3) is 10.1 Å². The molecule has 0 unspecified atom stereocenters. The smallest absolute Gasteiger partial charge is 0.244 e. The van der Waals surface area contributed by atoms with Crippen molar-refractivity contribution in [2.24, 2.45) is 23.7 Å². The SMILES string of the molecule is Cc1ccc(S(=O)(=O)O[C@]2(C#N)C[C@H]3C[C@@H]4C[C@H](C3)[C@@H]2C4)cc1. The second-order valence-electron chi connectivity index (χ2n) is 7.60. The third-order valence-corrected chi connectivity index (χ3v) is 7.41. The van der Waals surface area contributed by atoms with Crippen LogP contribution < -0.4 is 0 Å². The van der Waals surface area contributed by atoms with Gasteiger partial charge in [0.1, 0.15) is 0 Å². The largest absolute Gasteiger partial charge is 0.298 e. The van der Waals surface area contributed by atoms with Gasteiger partial charge in [-0.25, -0.2) is 4.18 Å². The Kier molecular flexibility index (Phi) is 3.33. The maximum absolute atomic E-state index is 12.7. The van der Waals surface area contributed by atoms with E-state index < -0.39 is 15.7 Å². The second kappa shape index (κ2) is 5.06. The first-order valence-corrected chi connectivity index (χ1v) is 9.76. The molecule has 4 nitrogen and oxygen atoms in total. The molecule has 0 spiro atoms. The fraction of sp³-hybridized carbons (Fsp3) is 0.611. The Bertz CT molecular complexity index is 762. The van der Waals surface area contributed by atoms with Crippen molar-refractivity contribution in [3.05, 3.63) is 29.8 Å². The third kappa shape index (κ3) is 2.40. The third-order valence-electron chi connectivity index (χ3n) is 6.04. The zero-order valence-corrected chi connectivity index (χ0v) is 14.1. The Morgan fingerprint density at radius 1 is 1.13 bits per heavy atom. The summed E-state index contributed by atoms with van der Waals surface area (Å²) in [6.45, 7) is 1.91. The van der Waals surface area contributed by atoms with E-state index in [1.807, 2.05) is 6.92 Å². The van der Waals surface area contributed by atoms with Crippen LogP contribution in [-0.2, 0) is 14.3 Å². The number of fused-ring (bicyclic) bond motifs is 2. The number of benzene rings is 1. The van der Waals surface area contributed by atoms with E-state index in [0.717, 1.165) is 31.2 Å². The lowest BCUT2D eigenvalue weighted by Crippen LogP contribution is -2.48. The van der Waals surface area contributed by atoms with Gasteiger partial charge in [-0.3, -0.25) is 0 Å². The number of rotatable bonds is 3. The Morgan fingerprint density at radius 2 is 1.83 bits per heavy atom. The molecule has 0 amide bonds. The van der Waals surface area contributed by atoms with Crippen molar-refractivity contribution in [1.29, 1.82) is 5.26 Å². The van der Waals surface area contributed by atoms with Crippen LogP contribution in [0.5, 0.6) is 0 Å². The second-order valence-corrected chi connectivity index (χ2v) is 9.14. The van der Waals surface area contributed by atoms with Crippen LogP contribution in [0.4, 0.5) is 0 Å². The maximum atomic E-state index is 12.7. The molecule has 122 valence electrons. The molecule has 3 saturated carbocycles. The van der Waals surface area contributed by atoms with E-state index >= 15 is 0 Å². The molecule has 0 N–H and O–H groups in total. The van der Waals surface area contributed by atoms with E-state index in [0.29, 0.717) is 24.2 Å². The minimum absolute atomic E-state index is 0.0662. The molecule has 5 heteroatoms. The first-order chi connectivity index (χ1) is 10.9. The minimum atomic E-state index is -3.91. The fourth-order valence-corrected chi connectivity index (χ4v) is 6.38. The van der Waals surface area contributed by atoms with Gasteiger partial charge in [-0.2, -0.15) is 13.7 Å². The summed E-state index contributed by atoms with van der Waals surface area (Å²) in [7, 11) is -3.91. The van der Waals surface area contributed by atoms with Crippen LogP contribution in [0.15, 0.2) is 29.2 Å². The van der Waals surface area contributed by atoms with Gasteiger partial charge in [0.05, 0.1) is 11.0 Å². The zero-order chi connectivity index (χ0) is 16.2. The number of hydrogen-bond acceptors (Lipinski definition) is 4. The van der Waals surface area contributed by atoms with Crippen LogP contribution in [0.2, 0.25) is 0 Å². The molecular formula is C18H21NO3S. The minimum Gasteiger partial charge on any atom is -0.244 e. The van der Waals surface area contributed by atoms with Crippen molar-refractivity contribution >= 4 is 10.1 Å². The van der Waals surface area contributed by atoms with Crippen molar-refractivity contribution in [3.8, 4) is 6.07 Å². The highest BCUT2D eigenvalue weighted by Gasteiger charge is 2.59. The highest BCUT2D eigenvalue weighted by atomic mass is 32.2. The van der Waals surface area contributed by atoms with E-state index in [1.165, 1.54) is 0 Å². The molecule has 0 aromatic heterocycles. The summed E-state index contributed by atoms with van der Waals surface area (Å²) >= 11 is 0. The number of nitrogens with zero attached hydrogens (tertiary/aromatic N) is 1. The van der Waals surface area contributed by atoms with Gasteiger partial charge in [0.15, 0.2) is 5.60 Å². The van der Waals surface area contributed by atoms with E-state index in [2.05, 4.69) is 6.07 Å². The summed E-state index contributed by atoms with van der Waals surface area (Å²) < 4.78 is 31.1. The molecule has 23 heavy (non-hydrogen) atoms. The molecule has 5 atom stereocenters. The van der Waals surface area contributed by atoms with Crippen LogP contribution in [0.3, 0.4) is 0 Å². The molecule has 0 radical (unpaired) electrons. The lowest BCUT2D eigenvalue weighted by Gasteiger charge is -2.43. The molecular weight excluding hydrogens is 310 g/mol. The number of aryl methyl sites for hydroxylation is 1. The van der Waals surface area contributed by atoms with Crippen molar-refractivity contribution in [2.45, 2.75) is 49.5 Å². The quantitative estimate of drug-likeness (QED) is 0.796. The topological polar surface area (TPSA) is 67.2 Å². The molecule has 0 heterocycles. The molecule has 3 aliphatic rings. The number of nitriles is 1. The van der Waals surface area contributed by atoms with Gasteiger partial charge in [0.2, 0.25) is 0 Å². The molecule has 1 aromatic rings. The summed E-state index contributed by atoms with van der Waals surface area (Å²) in [5.74, 6) is 1.62. The average molecular weight is 331 g/mol. The highest BCUT2D eigenvalue weighted by molar-refractivity contribution is 7.86. The van der Waals surface area contributed by atoms with E-state index in [-0.39, 0.29) is 10.8 Å². The molecule has 0 aliphatic heterocycles. The Balaban J connectivity index is 1.68. The van der Waals surface area contributed by atoms with Crippen LogP contribution in [0.25, 0.3) is 0 Å².